The third-order valence-electron chi connectivity index (χ3n) is 1.59. The maximum Gasteiger partial charge on any atom is 0.245 e. The molecule has 0 aliphatic heterocycles. The van der Waals surface area contributed by atoms with Gasteiger partial charge < -0.3 is 10.6 Å². The van der Waals surface area contributed by atoms with Crippen LogP contribution in [0.1, 0.15) is 34.1 Å². The molecule has 0 radical (unpaired) electrons. The topological polar surface area (TPSA) is 58.2 Å². The molecule has 0 fully saturated rings. The zero-order chi connectivity index (χ0) is 10.5. The standard InChI is InChI=1S/C9H18N2O2/c1-5-6-10-8(13)9(3,4)11-7(2)12/h5-6H2,1-4H3,(H,10,13)(H,11,12). The first kappa shape index (κ1) is 11.9. The fraction of sp³-hybridized carbons (Fsp3) is 0.778. The van der Waals surface area contributed by atoms with E-state index in [4.69, 9.17) is 0 Å². The van der Waals surface area contributed by atoms with Crippen LogP contribution in [0.5, 0.6) is 0 Å². The van der Waals surface area contributed by atoms with Crippen molar-refractivity contribution in [3.63, 3.8) is 0 Å². The van der Waals surface area contributed by atoms with Gasteiger partial charge in [0.15, 0.2) is 0 Å². The molecule has 0 aromatic heterocycles. The molecule has 4 nitrogen and oxygen atoms in total. The first-order valence-electron chi connectivity index (χ1n) is 4.47. The predicted octanol–water partition coefficient (Wildman–Crippen LogP) is 0.427. The molecular formula is C9H18N2O2. The van der Waals surface area contributed by atoms with Crippen molar-refractivity contribution in [2.24, 2.45) is 0 Å². The number of carbonyl (C=O) groups excluding carboxylic acids is 2. The number of hydrogen-bond acceptors (Lipinski definition) is 2. The molecule has 0 saturated carbocycles. The Balaban J connectivity index is 4.10. The molecule has 13 heavy (non-hydrogen) atoms. The van der Waals surface area contributed by atoms with Gasteiger partial charge in [-0.15, -0.1) is 0 Å². The summed E-state index contributed by atoms with van der Waals surface area (Å²) in [5.41, 5.74) is -0.818. The van der Waals surface area contributed by atoms with Gasteiger partial charge in [-0.05, 0) is 20.3 Å². The van der Waals surface area contributed by atoms with Crippen molar-refractivity contribution in [3.8, 4) is 0 Å². The lowest BCUT2D eigenvalue weighted by Gasteiger charge is -2.24. The number of hydrogen-bond donors (Lipinski definition) is 2. The van der Waals surface area contributed by atoms with E-state index in [9.17, 15) is 9.59 Å². The molecular weight excluding hydrogens is 168 g/mol. The minimum Gasteiger partial charge on any atom is -0.354 e. The van der Waals surface area contributed by atoms with Crippen LogP contribution in [0.2, 0.25) is 0 Å². The molecule has 2 N–H and O–H groups in total. The van der Waals surface area contributed by atoms with Crippen molar-refractivity contribution < 1.29 is 9.59 Å². The molecule has 0 bridgehead atoms. The average molecular weight is 186 g/mol. The molecule has 0 saturated heterocycles. The first-order valence-corrected chi connectivity index (χ1v) is 4.47. The number of amides is 2. The van der Waals surface area contributed by atoms with Crippen LogP contribution < -0.4 is 10.6 Å². The van der Waals surface area contributed by atoms with E-state index >= 15 is 0 Å². The molecule has 0 aliphatic rings. The van der Waals surface area contributed by atoms with Crippen LogP contribution in [0, 0.1) is 0 Å². The maximum atomic E-state index is 11.4. The lowest BCUT2D eigenvalue weighted by molar-refractivity contribution is -0.131. The largest absolute Gasteiger partial charge is 0.354 e. The zero-order valence-corrected chi connectivity index (χ0v) is 8.73. The summed E-state index contributed by atoms with van der Waals surface area (Å²) in [5, 5.41) is 5.30. The van der Waals surface area contributed by atoms with Crippen LogP contribution in [-0.2, 0) is 9.59 Å². The van der Waals surface area contributed by atoms with Gasteiger partial charge in [0.2, 0.25) is 11.8 Å². The fourth-order valence-corrected chi connectivity index (χ4v) is 0.956. The highest BCUT2D eigenvalue weighted by molar-refractivity contribution is 5.89. The Hall–Kier alpha value is -1.06. The SMILES string of the molecule is CCCNC(=O)C(C)(C)NC(C)=O. The summed E-state index contributed by atoms with van der Waals surface area (Å²) in [4.78, 5) is 22.2. The van der Waals surface area contributed by atoms with Gasteiger partial charge in [0.1, 0.15) is 5.54 Å². The van der Waals surface area contributed by atoms with E-state index in [-0.39, 0.29) is 11.8 Å². The monoisotopic (exact) mass is 186 g/mol. The number of rotatable bonds is 4. The average Bonchev–Trinajstić information content (AvgIpc) is 1.97. The van der Waals surface area contributed by atoms with Crippen molar-refractivity contribution in [2.45, 2.75) is 39.7 Å². The molecule has 76 valence electrons. The van der Waals surface area contributed by atoms with E-state index in [0.717, 1.165) is 6.42 Å². The van der Waals surface area contributed by atoms with Crippen molar-refractivity contribution in [1.29, 1.82) is 0 Å². The van der Waals surface area contributed by atoms with Gasteiger partial charge in [-0.25, -0.2) is 0 Å². The maximum absolute atomic E-state index is 11.4. The van der Waals surface area contributed by atoms with Crippen molar-refractivity contribution in [1.82, 2.24) is 10.6 Å². The second kappa shape index (κ2) is 4.84. The van der Waals surface area contributed by atoms with Gasteiger partial charge in [-0.1, -0.05) is 6.92 Å². The number of carbonyl (C=O) groups is 2. The molecule has 0 heterocycles. The Morgan fingerprint density at radius 3 is 2.23 bits per heavy atom. The smallest absolute Gasteiger partial charge is 0.245 e. The molecule has 0 atom stereocenters. The van der Waals surface area contributed by atoms with Crippen LogP contribution in [0.3, 0.4) is 0 Å². The van der Waals surface area contributed by atoms with E-state index in [1.165, 1.54) is 6.92 Å². The van der Waals surface area contributed by atoms with Gasteiger partial charge in [0.05, 0.1) is 0 Å². The Morgan fingerprint density at radius 1 is 1.31 bits per heavy atom. The predicted molar refractivity (Wildman–Crippen MR) is 51.2 cm³/mol. The Labute approximate surface area is 79.1 Å². The highest BCUT2D eigenvalue weighted by Crippen LogP contribution is 2.01. The second-order valence-corrected chi connectivity index (χ2v) is 3.56. The van der Waals surface area contributed by atoms with Crippen LogP contribution in [0.25, 0.3) is 0 Å². The lowest BCUT2D eigenvalue weighted by Crippen LogP contribution is -2.54. The van der Waals surface area contributed by atoms with E-state index in [2.05, 4.69) is 10.6 Å². The van der Waals surface area contributed by atoms with Gasteiger partial charge in [-0.2, -0.15) is 0 Å². The van der Waals surface area contributed by atoms with Gasteiger partial charge in [0.25, 0.3) is 0 Å². The molecule has 0 rings (SSSR count). The van der Waals surface area contributed by atoms with Crippen LogP contribution in [0.4, 0.5) is 0 Å². The van der Waals surface area contributed by atoms with Gasteiger partial charge >= 0.3 is 0 Å². The molecule has 0 spiro atoms. The Bertz CT molecular complexity index is 200. The minimum absolute atomic E-state index is 0.149. The summed E-state index contributed by atoms with van der Waals surface area (Å²) in [6.07, 6.45) is 0.891. The Kier molecular flexibility index (Phi) is 4.45. The van der Waals surface area contributed by atoms with E-state index in [0.29, 0.717) is 6.54 Å². The molecule has 4 heteroatoms. The van der Waals surface area contributed by atoms with Gasteiger partial charge in [-0.3, -0.25) is 9.59 Å². The third kappa shape index (κ3) is 4.50. The summed E-state index contributed by atoms with van der Waals surface area (Å²) in [6, 6.07) is 0. The van der Waals surface area contributed by atoms with Crippen LogP contribution >= 0.6 is 0 Å². The molecule has 0 unspecified atom stereocenters. The molecule has 0 aliphatic carbocycles. The van der Waals surface area contributed by atoms with Gasteiger partial charge in [0, 0.05) is 13.5 Å². The first-order chi connectivity index (χ1) is 5.90. The quantitative estimate of drug-likeness (QED) is 0.668. The van der Waals surface area contributed by atoms with E-state index in [1.807, 2.05) is 6.92 Å². The van der Waals surface area contributed by atoms with E-state index < -0.39 is 5.54 Å². The van der Waals surface area contributed by atoms with Crippen LogP contribution in [0.15, 0.2) is 0 Å². The summed E-state index contributed by atoms with van der Waals surface area (Å²) in [7, 11) is 0. The highest BCUT2D eigenvalue weighted by Gasteiger charge is 2.27. The van der Waals surface area contributed by atoms with E-state index in [1.54, 1.807) is 13.8 Å². The minimum atomic E-state index is -0.818. The zero-order valence-electron chi connectivity index (χ0n) is 8.73. The third-order valence-corrected chi connectivity index (χ3v) is 1.59. The Morgan fingerprint density at radius 2 is 1.85 bits per heavy atom. The normalized spacial score (nSPS) is 10.8. The lowest BCUT2D eigenvalue weighted by atomic mass is 10.0. The highest BCUT2D eigenvalue weighted by atomic mass is 16.2. The molecule has 2 amide bonds. The van der Waals surface area contributed by atoms with Crippen molar-refractivity contribution in [3.05, 3.63) is 0 Å². The summed E-state index contributed by atoms with van der Waals surface area (Å²) in [6.45, 7) is 7.38. The number of nitrogens with one attached hydrogen (secondary N) is 2. The van der Waals surface area contributed by atoms with Crippen molar-refractivity contribution in [2.75, 3.05) is 6.54 Å². The molecule has 0 aromatic rings. The summed E-state index contributed by atoms with van der Waals surface area (Å²) in [5.74, 6) is -0.346. The van der Waals surface area contributed by atoms with Crippen molar-refractivity contribution >= 4 is 11.8 Å². The summed E-state index contributed by atoms with van der Waals surface area (Å²) >= 11 is 0. The van der Waals surface area contributed by atoms with Crippen LogP contribution in [-0.4, -0.2) is 23.9 Å². The summed E-state index contributed by atoms with van der Waals surface area (Å²) < 4.78 is 0. The molecule has 0 aromatic carbocycles. The second-order valence-electron chi connectivity index (χ2n) is 3.56. The fourth-order valence-electron chi connectivity index (χ4n) is 0.956.